The Bertz CT molecular complexity index is 323. The Balaban J connectivity index is 2.00. The van der Waals surface area contributed by atoms with E-state index in [-0.39, 0.29) is 5.41 Å². The highest BCUT2D eigenvalue weighted by atomic mass is 16.3. The van der Waals surface area contributed by atoms with E-state index in [1.54, 1.807) is 6.26 Å². The first-order chi connectivity index (χ1) is 7.21. The lowest BCUT2D eigenvalue weighted by atomic mass is 9.76. The lowest BCUT2D eigenvalue weighted by Crippen LogP contribution is -2.40. The maximum atomic E-state index is 12.1. The molecule has 82 valence electrons. The molecule has 1 aliphatic heterocycles. The van der Waals surface area contributed by atoms with Gasteiger partial charge in [-0.1, -0.05) is 6.92 Å². The molecule has 0 aromatic carbocycles. The molecular formula is C12H17NO2. The molecule has 0 bridgehead atoms. The van der Waals surface area contributed by atoms with Gasteiger partial charge >= 0.3 is 0 Å². The maximum Gasteiger partial charge on any atom is 0.146 e. The van der Waals surface area contributed by atoms with Crippen LogP contribution in [0.1, 0.15) is 25.5 Å². The number of piperidine rings is 1. The topological polar surface area (TPSA) is 42.2 Å². The van der Waals surface area contributed by atoms with Gasteiger partial charge in [-0.05, 0) is 38.1 Å². The van der Waals surface area contributed by atoms with Gasteiger partial charge in [0, 0.05) is 5.41 Å². The van der Waals surface area contributed by atoms with Crippen molar-refractivity contribution in [3.63, 3.8) is 0 Å². The molecule has 2 rings (SSSR count). The number of nitrogens with one attached hydrogen (secondary N) is 1. The molecule has 0 unspecified atom stereocenters. The number of ketones is 1. The standard InChI is InChI=1S/C12H17NO2/c1-12(4-6-13-7-5-12)11(14)9-10-3-2-8-15-10/h2-3,8,13H,4-7,9H2,1H3. The Morgan fingerprint density at radius 3 is 2.87 bits per heavy atom. The highest BCUT2D eigenvalue weighted by Gasteiger charge is 2.34. The summed E-state index contributed by atoms with van der Waals surface area (Å²) in [7, 11) is 0. The van der Waals surface area contributed by atoms with Crippen molar-refractivity contribution in [2.75, 3.05) is 13.1 Å². The molecule has 1 fully saturated rings. The van der Waals surface area contributed by atoms with Crippen molar-refractivity contribution in [3.05, 3.63) is 24.2 Å². The number of Topliss-reactive ketones (excluding diaryl/α,β-unsaturated/α-hetero) is 1. The maximum absolute atomic E-state index is 12.1. The summed E-state index contributed by atoms with van der Waals surface area (Å²) < 4.78 is 5.20. The van der Waals surface area contributed by atoms with Crippen LogP contribution >= 0.6 is 0 Å². The van der Waals surface area contributed by atoms with Crippen molar-refractivity contribution in [1.82, 2.24) is 5.32 Å². The quantitative estimate of drug-likeness (QED) is 0.821. The second-order valence-corrected chi connectivity index (χ2v) is 4.49. The van der Waals surface area contributed by atoms with Gasteiger partial charge < -0.3 is 9.73 Å². The molecule has 1 aliphatic rings. The fourth-order valence-electron chi connectivity index (χ4n) is 2.04. The molecule has 0 aliphatic carbocycles. The third-order valence-electron chi connectivity index (χ3n) is 3.30. The van der Waals surface area contributed by atoms with E-state index in [2.05, 4.69) is 12.2 Å². The summed E-state index contributed by atoms with van der Waals surface area (Å²) in [5, 5.41) is 3.28. The van der Waals surface area contributed by atoms with Crippen LogP contribution in [0.15, 0.2) is 22.8 Å². The molecule has 0 saturated carbocycles. The molecule has 2 heterocycles. The highest BCUT2D eigenvalue weighted by molar-refractivity contribution is 5.86. The van der Waals surface area contributed by atoms with Crippen molar-refractivity contribution < 1.29 is 9.21 Å². The Labute approximate surface area is 89.9 Å². The molecule has 1 aromatic heterocycles. The van der Waals surface area contributed by atoms with E-state index >= 15 is 0 Å². The summed E-state index contributed by atoms with van der Waals surface area (Å²) in [5.74, 6) is 1.08. The molecule has 0 radical (unpaired) electrons. The van der Waals surface area contributed by atoms with Crippen LogP contribution in [0.3, 0.4) is 0 Å². The molecule has 0 atom stereocenters. The van der Waals surface area contributed by atoms with Gasteiger partial charge in [-0.25, -0.2) is 0 Å². The summed E-state index contributed by atoms with van der Waals surface area (Å²) in [4.78, 5) is 12.1. The third kappa shape index (κ3) is 2.29. The molecule has 15 heavy (non-hydrogen) atoms. The van der Waals surface area contributed by atoms with Crippen LogP contribution in [-0.2, 0) is 11.2 Å². The summed E-state index contributed by atoms with van der Waals surface area (Å²) in [6.07, 6.45) is 3.93. The van der Waals surface area contributed by atoms with Crippen molar-refractivity contribution in [3.8, 4) is 0 Å². The van der Waals surface area contributed by atoms with Gasteiger partial charge in [0.15, 0.2) is 0 Å². The van der Waals surface area contributed by atoms with Crippen LogP contribution < -0.4 is 5.32 Å². The summed E-state index contributed by atoms with van der Waals surface area (Å²) in [5.41, 5.74) is -0.155. The second-order valence-electron chi connectivity index (χ2n) is 4.49. The van der Waals surface area contributed by atoms with Crippen molar-refractivity contribution in [1.29, 1.82) is 0 Å². The normalized spacial score (nSPS) is 20.1. The van der Waals surface area contributed by atoms with Crippen LogP contribution in [0.4, 0.5) is 0 Å². The fraction of sp³-hybridized carbons (Fsp3) is 0.583. The van der Waals surface area contributed by atoms with E-state index in [9.17, 15) is 4.79 Å². The number of hydrogen-bond acceptors (Lipinski definition) is 3. The number of carbonyl (C=O) groups is 1. The Morgan fingerprint density at radius 1 is 1.53 bits per heavy atom. The average molecular weight is 207 g/mol. The monoisotopic (exact) mass is 207 g/mol. The van der Waals surface area contributed by atoms with E-state index in [4.69, 9.17) is 4.42 Å². The van der Waals surface area contributed by atoms with E-state index in [0.29, 0.717) is 12.2 Å². The van der Waals surface area contributed by atoms with Crippen molar-refractivity contribution in [2.24, 2.45) is 5.41 Å². The van der Waals surface area contributed by atoms with Crippen LogP contribution in [0, 0.1) is 5.41 Å². The SMILES string of the molecule is CC1(C(=O)Cc2ccco2)CCNCC1. The third-order valence-corrected chi connectivity index (χ3v) is 3.30. The smallest absolute Gasteiger partial charge is 0.146 e. The lowest BCUT2D eigenvalue weighted by Gasteiger charge is -2.32. The van der Waals surface area contributed by atoms with Gasteiger partial charge in [-0.2, -0.15) is 0 Å². The molecule has 0 spiro atoms. The average Bonchev–Trinajstić information content (AvgIpc) is 2.71. The lowest BCUT2D eigenvalue weighted by molar-refractivity contribution is -0.128. The van der Waals surface area contributed by atoms with Crippen molar-refractivity contribution in [2.45, 2.75) is 26.2 Å². The zero-order valence-corrected chi connectivity index (χ0v) is 9.08. The molecule has 1 aromatic rings. The minimum Gasteiger partial charge on any atom is -0.469 e. The van der Waals surface area contributed by atoms with Crippen molar-refractivity contribution >= 4 is 5.78 Å². The number of rotatable bonds is 3. The predicted octanol–water partition coefficient (Wildman–Crippen LogP) is 1.78. The first-order valence-electron chi connectivity index (χ1n) is 5.47. The summed E-state index contributed by atoms with van der Waals surface area (Å²) in [6.45, 7) is 3.96. The van der Waals surface area contributed by atoms with E-state index in [1.165, 1.54) is 0 Å². The van der Waals surface area contributed by atoms with Crippen LogP contribution in [-0.4, -0.2) is 18.9 Å². The van der Waals surface area contributed by atoms with E-state index in [1.807, 2.05) is 12.1 Å². The predicted molar refractivity (Wildman–Crippen MR) is 57.6 cm³/mol. The fourth-order valence-corrected chi connectivity index (χ4v) is 2.04. The molecule has 1 N–H and O–H groups in total. The second kappa shape index (κ2) is 4.19. The van der Waals surface area contributed by atoms with Gasteiger partial charge in [0.1, 0.15) is 11.5 Å². The first kappa shape index (κ1) is 10.4. The van der Waals surface area contributed by atoms with Gasteiger partial charge in [-0.15, -0.1) is 0 Å². The van der Waals surface area contributed by atoms with Gasteiger partial charge in [0.2, 0.25) is 0 Å². The number of furan rings is 1. The Hall–Kier alpha value is -1.09. The molecular weight excluding hydrogens is 190 g/mol. The highest BCUT2D eigenvalue weighted by Crippen LogP contribution is 2.30. The van der Waals surface area contributed by atoms with Gasteiger partial charge in [0.25, 0.3) is 0 Å². The summed E-state index contributed by atoms with van der Waals surface area (Å²) in [6, 6.07) is 3.69. The minimum absolute atomic E-state index is 0.155. The number of hydrogen-bond donors (Lipinski definition) is 1. The molecule has 3 heteroatoms. The summed E-state index contributed by atoms with van der Waals surface area (Å²) >= 11 is 0. The van der Waals surface area contributed by atoms with Crippen LogP contribution in [0.25, 0.3) is 0 Å². The van der Waals surface area contributed by atoms with E-state index < -0.39 is 0 Å². The molecule has 3 nitrogen and oxygen atoms in total. The zero-order valence-electron chi connectivity index (χ0n) is 9.08. The largest absolute Gasteiger partial charge is 0.469 e. The van der Waals surface area contributed by atoms with Gasteiger partial charge in [0.05, 0.1) is 12.7 Å². The number of carbonyl (C=O) groups excluding carboxylic acids is 1. The Morgan fingerprint density at radius 2 is 2.27 bits per heavy atom. The molecule has 0 amide bonds. The van der Waals surface area contributed by atoms with E-state index in [0.717, 1.165) is 31.7 Å². The Kier molecular flexibility index (Phi) is 2.91. The molecule has 1 saturated heterocycles. The zero-order chi connectivity index (χ0) is 10.7. The van der Waals surface area contributed by atoms with Crippen LogP contribution in [0.2, 0.25) is 0 Å². The van der Waals surface area contributed by atoms with Crippen LogP contribution in [0.5, 0.6) is 0 Å². The van der Waals surface area contributed by atoms with Gasteiger partial charge in [-0.3, -0.25) is 4.79 Å². The first-order valence-corrected chi connectivity index (χ1v) is 5.47. The minimum atomic E-state index is -0.155.